The van der Waals surface area contributed by atoms with E-state index in [4.69, 9.17) is 0 Å². The molecule has 160 valence electrons. The SMILES string of the molecule is C=C(C)C(=C)C=CC(=C)[C@H]1CC[C@H]2[C@@H]3CCC4C[C@@H](O)CC[C@]4(C)[C@H]3CC[C@]12C. The summed E-state index contributed by atoms with van der Waals surface area (Å²) < 4.78 is 0. The molecule has 1 heteroatoms. The topological polar surface area (TPSA) is 20.2 Å². The number of aliphatic hydroxyl groups is 1. The number of hydrogen-bond donors (Lipinski definition) is 1. The first-order chi connectivity index (χ1) is 13.7. The van der Waals surface area contributed by atoms with E-state index >= 15 is 0 Å². The molecule has 0 spiro atoms. The van der Waals surface area contributed by atoms with Crippen LogP contribution in [0.1, 0.15) is 78.6 Å². The number of aliphatic hydroxyl groups excluding tert-OH is 1. The summed E-state index contributed by atoms with van der Waals surface area (Å²) in [5.74, 6) is 3.97. The van der Waals surface area contributed by atoms with Crippen molar-refractivity contribution in [2.75, 3.05) is 0 Å². The van der Waals surface area contributed by atoms with Crippen LogP contribution in [0.15, 0.2) is 48.6 Å². The van der Waals surface area contributed by atoms with Gasteiger partial charge in [-0.3, -0.25) is 0 Å². The highest BCUT2D eigenvalue weighted by molar-refractivity contribution is 5.38. The van der Waals surface area contributed by atoms with Gasteiger partial charge in [0.25, 0.3) is 0 Å². The normalized spacial score (nSPS) is 46.6. The lowest BCUT2D eigenvalue weighted by Gasteiger charge is -2.61. The van der Waals surface area contributed by atoms with Gasteiger partial charge in [-0.2, -0.15) is 0 Å². The summed E-state index contributed by atoms with van der Waals surface area (Å²) in [6, 6.07) is 0. The molecule has 0 aromatic rings. The van der Waals surface area contributed by atoms with Gasteiger partial charge >= 0.3 is 0 Å². The Morgan fingerprint density at radius 2 is 1.55 bits per heavy atom. The lowest BCUT2D eigenvalue weighted by atomic mass is 9.44. The number of allylic oxidation sites excluding steroid dienone is 5. The van der Waals surface area contributed by atoms with Gasteiger partial charge in [0, 0.05) is 0 Å². The molecule has 4 saturated carbocycles. The molecule has 4 aliphatic carbocycles. The molecule has 0 aliphatic heterocycles. The monoisotopic (exact) mass is 394 g/mol. The zero-order chi connectivity index (χ0) is 21.0. The van der Waals surface area contributed by atoms with Gasteiger partial charge in [0.2, 0.25) is 0 Å². The summed E-state index contributed by atoms with van der Waals surface area (Å²) in [5, 5.41) is 10.2. The highest BCUT2D eigenvalue weighted by atomic mass is 16.3. The minimum Gasteiger partial charge on any atom is -0.393 e. The van der Waals surface area contributed by atoms with Crippen LogP contribution >= 0.6 is 0 Å². The van der Waals surface area contributed by atoms with E-state index in [1.165, 1.54) is 50.5 Å². The van der Waals surface area contributed by atoms with Gasteiger partial charge in [-0.15, -0.1) is 0 Å². The first kappa shape index (κ1) is 21.2. The van der Waals surface area contributed by atoms with Crippen LogP contribution in [0.5, 0.6) is 0 Å². The van der Waals surface area contributed by atoms with Gasteiger partial charge in [-0.1, -0.05) is 56.9 Å². The molecule has 0 aromatic heterocycles. The lowest BCUT2D eigenvalue weighted by Crippen LogP contribution is -2.53. The van der Waals surface area contributed by atoms with E-state index in [1.807, 2.05) is 6.92 Å². The maximum atomic E-state index is 10.2. The third kappa shape index (κ3) is 3.42. The number of rotatable bonds is 4. The Balaban J connectivity index is 1.52. The van der Waals surface area contributed by atoms with Crippen LogP contribution in [0.25, 0.3) is 0 Å². The predicted molar refractivity (Wildman–Crippen MR) is 123 cm³/mol. The Bertz CT molecular complexity index is 729. The molecule has 1 unspecified atom stereocenters. The fourth-order valence-corrected chi connectivity index (χ4v) is 8.31. The summed E-state index contributed by atoms with van der Waals surface area (Å²) in [5.41, 5.74) is 4.23. The molecule has 4 fully saturated rings. The Kier molecular flexibility index (Phi) is 5.52. The summed E-state index contributed by atoms with van der Waals surface area (Å²) >= 11 is 0. The van der Waals surface area contributed by atoms with Crippen molar-refractivity contribution < 1.29 is 5.11 Å². The highest BCUT2D eigenvalue weighted by Gasteiger charge is 2.60. The van der Waals surface area contributed by atoms with Gasteiger partial charge in [0.15, 0.2) is 0 Å². The Morgan fingerprint density at radius 3 is 2.28 bits per heavy atom. The standard InChI is InChI=1S/C28H42O/c1-18(2)19(3)7-8-20(4)24-11-12-25-23-10-9-21-17-22(29)13-15-27(21,5)26(23)14-16-28(24,25)6/h7-8,21-26,29H,1,3-4,9-17H2,2,5-6H3/t21?,22-,23-,24+,25-,26-,27-,28+/m0/s1. The molecule has 0 heterocycles. The molecule has 8 atom stereocenters. The number of hydrogen-bond acceptors (Lipinski definition) is 1. The van der Waals surface area contributed by atoms with E-state index in [0.717, 1.165) is 47.7 Å². The van der Waals surface area contributed by atoms with Crippen LogP contribution in [0.3, 0.4) is 0 Å². The van der Waals surface area contributed by atoms with Crippen molar-refractivity contribution in [1.82, 2.24) is 0 Å². The maximum Gasteiger partial charge on any atom is 0.0543 e. The van der Waals surface area contributed by atoms with Crippen molar-refractivity contribution in [2.45, 2.75) is 84.7 Å². The maximum absolute atomic E-state index is 10.2. The first-order valence-corrected chi connectivity index (χ1v) is 12.1. The average Bonchev–Trinajstić information content (AvgIpc) is 3.03. The largest absolute Gasteiger partial charge is 0.393 e. The fourth-order valence-electron chi connectivity index (χ4n) is 8.31. The second-order valence-electron chi connectivity index (χ2n) is 11.5. The van der Waals surface area contributed by atoms with Gasteiger partial charge < -0.3 is 5.11 Å². The van der Waals surface area contributed by atoms with Crippen molar-refractivity contribution >= 4 is 0 Å². The summed E-state index contributed by atoms with van der Waals surface area (Å²) in [6.45, 7) is 19.8. The van der Waals surface area contributed by atoms with Gasteiger partial charge in [-0.05, 0) is 111 Å². The molecule has 4 rings (SSSR count). The third-order valence-electron chi connectivity index (χ3n) is 10.1. The van der Waals surface area contributed by atoms with Crippen molar-refractivity contribution in [3.63, 3.8) is 0 Å². The van der Waals surface area contributed by atoms with E-state index in [9.17, 15) is 5.11 Å². The second kappa shape index (κ2) is 7.56. The van der Waals surface area contributed by atoms with Crippen LogP contribution in [-0.4, -0.2) is 11.2 Å². The molecule has 4 aliphatic rings. The Labute approximate surface area is 179 Å². The van der Waals surface area contributed by atoms with Crippen LogP contribution in [0.2, 0.25) is 0 Å². The molecule has 29 heavy (non-hydrogen) atoms. The Morgan fingerprint density at radius 1 is 0.862 bits per heavy atom. The highest BCUT2D eigenvalue weighted by Crippen LogP contribution is 2.68. The average molecular weight is 395 g/mol. The summed E-state index contributed by atoms with van der Waals surface area (Å²) in [7, 11) is 0. The van der Waals surface area contributed by atoms with E-state index < -0.39 is 0 Å². The second-order valence-corrected chi connectivity index (χ2v) is 11.5. The zero-order valence-electron chi connectivity index (χ0n) is 19.1. The van der Waals surface area contributed by atoms with E-state index in [2.05, 4.69) is 45.7 Å². The molecule has 0 saturated heterocycles. The molecule has 0 radical (unpaired) electrons. The van der Waals surface area contributed by atoms with Crippen molar-refractivity contribution in [3.8, 4) is 0 Å². The third-order valence-corrected chi connectivity index (χ3v) is 10.1. The van der Waals surface area contributed by atoms with Crippen molar-refractivity contribution in [3.05, 3.63) is 48.6 Å². The lowest BCUT2D eigenvalue weighted by molar-refractivity contribution is -0.124. The molecule has 0 aromatic carbocycles. The van der Waals surface area contributed by atoms with E-state index in [0.29, 0.717) is 16.7 Å². The Hall–Kier alpha value is -1.08. The zero-order valence-corrected chi connectivity index (χ0v) is 19.1. The van der Waals surface area contributed by atoms with Gasteiger partial charge in [-0.25, -0.2) is 0 Å². The first-order valence-electron chi connectivity index (χ1n) is 12.1. The quantitative estimate of drug-likeness (QED) is 0.498. The molecular formula is C28H42O. The minimum atomic E-state index is -0.0431. The molecule has 1 nitrogen and oxygen atoms in total. The van der Waals surface area contributed by atoms with Gasteiger partial charge in [0.05, 0.1) is 6.10 Å². The summed E-state index contributed by atoms with van der Waals surface area (Å²) in [4.78, 5) is 0. The van der Waals surface area contributed by atoms with Crippen molar-refractivity contribution in [2.24, 2.45) is 40.4 Å². The van der Waals surface area contributed by atoms with Crippen LogP contribution in [0.4, 0.5) is 0 Å². The smallest absolute Gasteiger partial charge is 0.0543 e. The van der Waals surface area contributed by atoms with E-state index in [-0.39, 0.29) is 6.10 Å². The molecular weight excluding hydrogens is 352 g/mol. The van der Waals surface area contributed by atoms with Crippen molar-refractivity contribution in [1.29, 1.82) is 0 Å². The molecule has 0 amide bonds. The van der Waals surface area contributed by atoms with E-state index in [1.54, 1.807) is 0 Å². The van der Waals surface area contributed by atoms with Crippen LogP contribution in [0, 0.1) is 40.4 Å². The fraction of sp³-hybridized carbons (Fsp3) is 0.714. The van der Waals surface area contributed by atoms with Crippen LogP contribution in [-0.2, 0) is 0 Å². The number of fused-ring (bicyclic) bond motifs is 5. The predicted octanol–water partition coefficient (Wildman–Crippen LogP) is 7.25. The molecule has 1 N–H and O–H groups in total. The van der Waals surface area contributed by atoms with Gasteiger partial charge in [0.1, 0.15) is 0 Å². The molecule has 0 bridgehead atoms. The summed E-state index contributed by atoms with van der Waals surface area (Å²) in [6.07, 6.45) is 15.7. The van der Waals surface area contributed by atoms with Crippen LogP contribution < -0.4 is 0 Å². The minimum absolute atomic E-state index is 0.0431.